The number of amides is 2. The molecule has 2 amide bonds. The number of carbonyl (C=O) groups is 2. The normalized spacial score (nSPS) is 20.9. The summed E-state index contributed by atoms with van der Waals surface area (Å²) >= 11 is 0. The molecule has 168 valence electrons. The summed E-state index contributed by atoms with van der Waals surface area (Å²) in [6.45, 7) is 14.8. The Morgan fingerprint density at radius 1 is 1.13 bits per heavy atom. The summed E-state index contributed by atoms with van der Waals surface area (Å²) in [6.07, 6.45) is 0.244. The molecule has 2 rings (SSSR count). The molecular weight excluding hydrogens is 383 g/mol. The molecule has 0 aromatic heterocycles. The van der Waals surface area contributed by atoms with Crippen molar-refractivity contribution in [2.45, 2.75) is 72.4 Å². The summed E-state index contributed by atoms with van der Waals surface area (Å²) < 4.78 is 18.7. The van der Waals surface area contributed by atoms with Gasteiger partial charge in [0.05, 0.1) is 0 Å². The van der Waals surface area contributed by atoms with Crippen LogP contribution in [0.5, 0.6) is 0 Å². The topological polar surface area (TPSA) is 58.6 Å². The standard InChI is InChI=1S/C24H37FN2O3/c1-15(2)20-14-27(13-12-19(20)17-8-10-18(25)11-9-17)22(28)21(16(3)4)26-23(29)30-24(5,6)7/h8-11,15-16,19-21H,12-14H2,1-7H3,(H,26,29)/t19-,20-,21+/m1/s1. The number of hydrogen-bond donors (Lipinski definition) is 1. The number of benzene rings is 1. The predicted octanol–water partition coefficient (Wildman–Crippen LogP) is 4.96. The summed E-state index contributed by atoms with van der Waals surface area (Å²) in [5.41, 5.74) is 0.500. The Morgan fingerprint density at radius 2 is 1.73 bits per heavy atom. The number of alkyl carbamates (subject to hydrolysis) is 1. The SMILES string of the molecule is CC(C)[C@H](NC(=O)OC(C)(C)C)C(=O)N1CC[C@H](c2ccc(F)cc2)[C@@H](C(C)C)C1. The van der Waals surface area contributed by atoms with E-state index in [2.05, 4.69) is 19.2 Å². The van der Waals surface area contributed by atoms with E-state index in [9.17, 15) is 14.0 Å². The maximum atomic E-state index is 13.4. The van der Waals surface area contributed by atoms with Crippen LogP contribution in [0.15, 0.2) is 24.3 Å². The smallest absolute Gasteiger partial charge is 0.408 e. The van der Waals surface area contributed by atoms with Gasteiger partial charge in [0.25, 0.3) is 0 Å². The Kier molecular flexibility index (Phi) is 7.89. The molecule has 0 aliphatic carbocycles. The van der Waals surface area contributed by atoms with E-state index in [4.69, 9.17) is 4.74 Å². The third-order valence-corrected chi connectivity index (χ3v) is 5.73. The van der Waals surface area contributed by atoms with Crippen molar-refractivity contribution in [3.05, 3.63) is 35.6 Å². The second-order valence-corrected chi connectivity index (χ2v) is 10.0. The highest BCUT2D eigenvalue weighted by Crippen LogP contribution is 2.37. The van der Waals surface area contributed by atoms with E-state index < -0.39 is 17.7 Å². The Balaban J connectivity index is 2.13. The second-order valence-electron chi connectivity index (χ2n) is 10.0. The number of nitrogens with zero attached hydrogens (tertiary/aromatic N) is 1. The van der Waals surface area contributed by atoms with Gasteiger partial charge in [-0.05, 0) is 68.6 Å². The van der Waals surface area contributed by atoms with Crippen molar-refractivity contribution in [2.24, 2.45) is 17.8 Å². The van der Waals surface area contributed by atoms with E-state index in [0.29, 0.717) is 19.0 Å². The lowest BCUT2D eigenvalue weighted by molar-refractivity contribution is -0.137. The minimum Gasteiger partial charge on any atom is -0.444 e. The number of piperidine rings is 1. The number of likely N-dealkylation sites (tertiary alicyclic amines) is 1. The highest BCUT2D eigenvalue weighted by molar-refractivity contribution is 5.86. The molecule has 0 spiro atoms. The molecule has 1 aliphatic heterocycles. The summed E-state index contributed by atoms with van der Waals surface area (Å²) in [6, 6.07) is 6.09. The number of hydrogen-bond acceptors (Lipinski definition) is 3. The Hall–Kier alpha value is -2.11. The van der Waals surface area contributed by atoms with Crippen molar-refractivity contribution in [3.63, 3.8) is 0 Å². The van der Waals surface area contributed by atoms with Crippen LogP contribution in [-0.2, 0) is 9.53 Å². The number of ether oxygens (including phenoxy) is 1. The van der Waals surface area contributed by atoms with Crippen LogP contribution in [0, 0.1) is 23.6 Å². The second kappa shape index (κ2) is 9.80. The number of nitrogens with one attached hydrogen (secondary N) is 1. The maximum absolute atomic E-state index is 13.4. The molecule has 1 N–H and O–H groups in total. The molecule has 1 aromatic rings. The molecular formula is C24H37FN2O3. The highest BCUT2D eigenvalue weighted by atomic mass is 19.1. The fraction of sp³-hybridized carbons (Fsp3) is 0.667. The summed E-state index contributed by atoms with van der Waals surface area (Å²) in [7, 11) is 0. The van der Waals surface area contributed by atoms with Crippen LogP contribution < -0.4 is 5.32 Å². The van der Waals surface area contributed by atoms with E-state index >= 15 is 0 Å². The van der Waals surface area contributed by atoms with Crippen molar-refractivity contribution in [1.82, 2.24) is 10.2 Å². The van der Waals surface area contributed by atoms with Crippen LogP contribution in [0.2, 0.25) is 0 Å². The molecule has 0 radical (unpaired) electrons. The Labute approximate surface area is 180 Å². The summed E-state index contributed by atoms with van der Waals surface area (Å²) in [5.74, 6) is 0.553. The first-order valence-electron chi connectivity index (χ1n) is 10.9. The van der Waals surface area contributed by atoms with Gasteiger partial charge in [-0.1, -0.05) is 39.8 Å². The van der Waals surface area contributed by atoms with E-state index in [-0.39, 0.29) is 29.5 Å². The van der Waals surface area contributed by atoms with Gasteiger partial charge < -0.3 is 15.0 Å². The van der Waals surface area contributed by atoms with Crippen LogP contribution in [0.25, 0.3) is 0 Å². The van der Waals surface area contributed by atoms with Gasteiger partial charge in [0.2, 0.25) is 5.91 Å². The average Bonchev–Trinajstić information content (AvgIpc) is 2.64. The van der Waals surface area contributed by atoms with E-state index in [1.807, 2.05) is 30.9 Å². The molecule has 3 atom stereocenters. The zero-order valence-corrected chi connectivity index (χ0v) is 19.4. The monoisotopic (exact) mass is 420 g/mol. The molecule has 1 fully saturated rings. The van der Waals surface area contributed by atoms with Crippen LogP contribution in [0.3, 0.4) is 0 Å². The van der Waals surface area contributed by atoms with Crippen molar-refractivity contribution >= 4 is 12.0 Å². The van der Waals surface area contributed by atoms with Crippen LogP contribution >= 0.6 is 0 Å². The first-order valence-corrected chi connectivity index (χ1v) is 10.9. The molecule has 5 nitrogen and oxygen atoms in total. The molecule has 1 aromatic carbocycles. The van der Waals surface area contributed by atoms with Gasteiger partial charge in [-0.3, -0.25) is 4.79 Å². The van der Waals surface area contributed by atoms with E-state index in [1.54, 1.807) is 20.8 Å². The van der Waals surface area contributed by atoms with E-state index in [0.717, 1.165) is 12.0 Å². The quantitative estimate of drug-likeness (QED) is 0.732. The molecule has 30 heavy (non-hydrogen) atoms. The van der Waals surface area contributed by atoms with Gasteiger partial charge in [-0.25, -0.2) is 9.18 Å². The lowest BCUT2D eigenvalue weighted by Gasteiger charge is -2.42. The van der Waals surface area contributed by atoms with Gasteiger partial charge in [0.15, 0.2) is 0 Å². The molecule has 1 heterocycles. The van der Waals surface area contributed by atoms with Crippen molar-refractivity contribution in [2.75, 3.05) is 13.1 Å². The van der Waals surface area contributed by atoms with Crippen molar-refractivity contribution in [3.8, 4) is 0 Å². The molecule has 1 saturated heterocycles. The van der Waals surface area contributed by atoms with Crippen molar-refractivity contribution < 1.29 is 18.7 Å². The highest BCUT2D eigenvalue weighted by Gasteiger charge is 2.37. The number of rotatable bonds is 5. The lowest BCUT2D eigenvalue weighted by atomic mass is 9.74. The fourth-order valence-electron chi connectivity index (χ4n) is 4.13. The Morgan fingerprint density at radius 3 is 2.23 bits per heavy atom. The first-order chi connectivity index (χ1) is 13.9. The Bertz CT molecular complexity index is 725. The average molecular weight is 421 g/mol. The summed E-state index contributed by atoms with van der Waals surface area (Å²) in [5, 5.41) is 2.77. The molecule has 0 unspecified atom stereocenters. The van der Waals surface area contributed by atoms with Gasteiger partial charge >= 0.3 is 6.09 Å². The molecule has 0 saturated carbocycles. The largest absolute Gasteiger partial charge is 0.444 e. The van der Waals surface area contributed by atoms with Gasteiger partial charge in [-0.2, -0.15) is 0 Å². The minimum absolute atomic E-state index is 0.0580. The third kappa shape index (κ3) is 6.44. The zero-order valence-electron chi connectivity index (χ0n) is 19.4. The van der Waals surface area contributed by atoms with Crippen molar-refractivity contribution in [1.29, 1.82) is 0 Å². The minimum atomic E-state index is -0.630. The van der Waals surface area contributed by atoms with Crippen LogP contribution in [0.4, 0.5) is 9.18 Å². The first kappa shape index (κ1) is 24.2. The number of carbonyl (C=O) groups excluding carboxylic acids is 2. The zero-order chi connectivity index (χ0) is 22.6. The van der Waals surface area contributed by atoms with Crippen LogP contribution in [0.1, 0.15) is 66.4 Å². The van der Waals surface area contributed by atoms with Crippen LogP contribution in [-0.4, -0.2) is 41.6 Å². The molecule has 0 bridgehead atoms. The maximum Gasteiger partial charge on any atom is 0.408 e. The van der Waals surface area contributed by atoms with Gasteiger partial charge in [-0.15, -0.1) is 0 Å². The lowest BCUT2D eigenvalue weighted by Crippen LogP contribution is -2.55. The summed E-state index contributed by atoms with van der Waals surface area (Å²) in [4.78, 5) is 27.4. The third-order valence-electron chi connectivity index (χ3n) is 5.73. The fourth-order valence-corrected chi connectivity index (χ4v) is 4.13. The van der Waals surface area contributed by atoms with Gasteiger partial charge in [0, 0.05) is 13.1 Å². The van der Waals surface area contributed by atoms with E-state index in [1.165, 1.54) is 12.1 Å². The molecule has 6 heteroatoms. The number of halogens is 1. The molecule has 1 aliphatic rings. The van der Waals surface area contributed by atoms with Gasteiger partial charge in [0.1, 0.15) is 17.5 Å². The predicted molar refractivity (Wildman–Crippen MR) is 117 cm³/mol.